The Kier molecular flexibility index (Phi) is 11.6. The number of carbonyl (C=O) groups is 3. The average Bonchev–Trinajstić information content (AvgIpc) is 2.95. The molecule has 3 rings (SSSR count). The number of amides is 2. The summed E-state index contributed by atoms with van der Waals surface area (Å²) in [5.74, 6) is -1.23. The predicted molar refractivity (Wildman–Crippen MR) is 167 cm³/mol. The van der Waals surface area contributed by atoms with Gasteiger partial charge in [-0.15, -0.1) is 0 Å². The van der Waals surface area contributed by atoms with Gasteiger partial charge < -0.3 is 10.2 Å². The van der Waals surface area contributed by atoms with Crippen molar-refractivity contribution in [2.45, 2.75) is 52.2 Å². The van der Waals surface area contributed by atoms with Crippen molar-refractivity contribution in [3.05, 3.63) is 99.5 Å². The van der Waals surface area contributed by atoms with Crippen LogP contribution in [0, 0.1) is 0 Å². The molecule has 2 amide bonds. The Morgan fingerprint density at radius 1 is 0.905 bits per heavy atom. The lowest BCUT2D eigenvalue weighted by molar-refractivity contribution is -0.140. The summed E-state index contributed by atoms with van der Waals surface area (Å²) in [5, 5.41) is 3.59. The van der Waals surface area contributed by atoms with Crippen molar-refractivity contribution in [3.63, 3.8) is 0 Å². The second-order valence-corrected chi connectivity index (χ2v) is 12.9. The molecule has 8 nitrogen and oxygen atoms in total. The number of nitrogens with zero attached hydrogens (tertiary/aromatic N) is 2. The van der Waals surface area contributed by atoms with Crippen LogP contribution >= 0.6 is 23.2 Å². The Bertz CT molecular complexity index is 1530. The lowest BCUT2D eigenvalue weighted by Crippen LogP contribution is -2.54. The SMILES string of the molecule is CC[C@H](C)NC(=O)[C@@H](Cc1ccccc1)N(Cc1ccc(Cl)c(Cl)c1)C(=O)CN(c1cccc(C(C)=O)c1)S(C)(=O)=O. The van der Waals surface area contributed by atoms with E-state index in [0.717, 1.165) is 16.1 Å². The van der Waals surface area contributed by atoms with E-state index in [9.17, 15) is 22.8 Å². The van der Waals surface area contributed by atoms with Crippen molar-refractivity contribution < 1.29 is 22.8 Å². The maximum atomic E-state index is 14.2. The Labute approximate surface area is 257 Å². The number of hydrogen-bond donors (Lipinski definition) is 1. The molecule has 3 aromatic carbocycles. The van der Waals surface area contributed by atoms with Crippen LogP contribution in [0.2, 0.25) is 10.0 Å². The van der Waals surface area contributed by atoms with Gasteiger partial charge in [0.1, 0.15) is 12.6 Å². The lowest BCUT2D eigenvalue weighted by Gasteiger charge is -2.34. The van der Waals surface area contributed by atoms with Gasteiger partial charge in [0.25, 0.3) is 0 Å². The third kappa shape index (κ3) is 9.05. The van der Waals surface area contributed by atoms with Gasteiger partial charge in [-0.2, -0.15) is 0 Å². The van der Waals surface area contributed by atoms with Crippen LogP contribution in [0.4, 0.5) is 5.69 Å². The van der Waals surface area contributed by atoms with Gasteiger partial charge in [-0.05, 0) is 55.7 Å². The maximum Gasteiger partial charge on any atom is 0.244 e. The minimum atomic E-state index is -3.97. The highest BCUT2D eigenvalue weighted by atomic mass is 35.5. The van der Waals surface area contributed by atoms with Gasteiger partial charge in [0.15, 0.2) is 5.78 Å². The van der Waals surface area contributed by atoms with E-state index < -0.39 is 28.5 Å². The van der Waals surface area contributed by atoms with E-state index in [2.05, 4.69) is 5.32 Å². The minimum Gasteiger partial charge on any atom is -0.352 e. The van der Waals surface area contributed by atoms with Gasteiger partial charge in [0.05, 0.1) is 22.0 Å². The van der Waals surface area contributed by atoms with Gasteiger partial charge >= 0.3 is 0 Å². The van der Waals surface area contributed by atoms with Crippen LogP contribution in [-0.2, 0) is 32.6 Å². The van der Waals surface area contributed by atoms with Gasteiger partial charge in [-0.25, -0.2) is 8.42 Å². The van der Waals surface area contributed by atoms with Crippen LogP contribution in [0.25, 0.3) is 0 Å². The number of anilines is 1. The summed E-state index contributed by atoms with van der Waals surface area (Å²) in [6, 6.07) is 19.1. The summed E-state index contributed by atoms with van der Waals surface area (Å²) in [7, 11) is -3.97. The van der Waals surface area contributed by atoms with Crippen LogP contribution in [0.1, 0.15) is 48.7 Å². The smallest absolute Gasteiger partial charge is 0.244 e. The largest absolute Gasteiger partial charge is 0.352 e. The number of Topliss-reactive ketones (excluding diaryl/α,β-unsaturated/α-hetero) is 1. The van der Waals surface area contributed by atoms with E-state index in [1.165, 1.54) is 24.0 Å². The summed E-state index contributed by atoms with van der Waals surface area (Å²) < 4.78 is 26.8. The summed E-state index contributed by atoms with van der Waals surface area (Å²) in [5.41, 5.74) is 1.90. The first-order valence-electron chi connectivity index (χ1n) is 13.5. The number of halogens is 2. The standard InChI is InChI=1S/C31H35Cl2N3O5S/c1-5-21(2)34-31(39)29(17-23-10-7-6-8-11-23)35(19-24-14-15-27(32)28(33)16-24)30(38)20-36(42(4,40)41)26-13-9-12-25(18-26)22(3)37/h6-16,18,21,29H,5,17,19-20H2,1-4H3,(H,34,39)/t21-,29+/m0/s1. The molecule has 0 saturated heterocycles. The zero-order valence-corrected chi connectivity index (χ0v) is 26.3. The van der Waals surface area contributed by atoms with Crippen molar-refractivity contribution in [2.24, 2.45) is 0 Å². The van der Waals surface area contributed by atoms with Crippen LogP contribution in [-0.4, -0.2) is 55.8 Å². The van der Waals surface area contributed by atoms with E-state index in [0.29, 0.717) is 22.6 Å². The van der Waals surface area contributed by atoms with Crippen LogP contribution in [0.3, 0.4) is 0 Å². The Morgan fingerprint density at radius 3 is 2.19 bits per heavy atom. The van der Waals surface area contributed by atoms with E-state index in [1.54, 1.807) is 30.3 Å². The highest BCUT2D eigenvalue weighted by Crippen LogP contribution is 2.25. The Balaban J connectivity index is 2.10. The molecule has 0 aromatic heterocycles. The molecule has 0 unspecified atom stereocenters. The quantitative estimate of drug-likeness (QED) is 0.250. The third-order valence-electron chi connectivity index (χ3n) is 6.83. The summed E-state index contributed by atoms with van der Waals surface area (Å²) >= 11 is 12.4. The number of hydrogen-bond acceptors (Lipinski definition) is 5. The molecule has 42 heavy (non-hydrogen) atoms. The molecule has 2 atom stereocenters. The lowest BCUT2D eigenvalue weighted by atomic mass is 10.0. The highest BCUT2D eigenvalue weighted by Gasteiger charge is 2.33. The number of nitrogens with one attached hydrogen (secondary N) is 1. The first-order chi connectivity index (χ1) is 19.8. The molecule has 0 aliphatic carbocycles. The van der Waals surface area contributed by atoms with E-state index in [4.69, 9.17) is 23.2 Å². The zero-order chi connectivity index (χ0) is 31.0. The minimum absolute atomic E-state index is 0.0355. The van der Waals surface area contributed by atoms with Crippen molar-refractivity contribution in [1.29, 1.82) is 0 Å². The average molecular weight is 633 g/mol. The molecule has 3 aromatic rings. The fourth-order valence-corrected chi connectivity index (χ4v) is 5.49. The van der Waals surface area contributed by atoms with Gasteiger partial charge in [0.2, 0.25) is 21.8 Å². The van der Waals surface area contributed by atoms with Crippen LogP contribution in [0.15, 0.2) is 72.8 Å². The van der Waals surface area contributed by atoms with Crippen molar-refractivity contribution in [3.8, 4) is 0 Å². The molecule has 224 valence electrons. The molecule has 0 aliphatic heterocycles. The van der Waals surface area contributed by atoms with Crippen molar-refractivity contribution >= 4 is 56.5 Å². The summed E-state index contributed by atoms with van der Waals surface area (Å²) in [6.45, 7) is 4.55. The molecular formula is C31H35Cl2N3O5S. The first kappa shape index (κ1) is 33.1. The fraction of sp³-hybridized carbons (Fsp3) is 0.323. The molecule has 0 bridgehead atoms. The second kappa shape index (κ2) is 14.7. The van der Waals surface area contributed by atoms with Crippen LogP contribution < -0.4 is 9.62 Å². The zero-order valence-electron chi connectivity index (χ0n) is 24.0. The molecule has 0 heterocycles. The van der Waals surface area contributed by atoms with Gasteiger partial charge in [0, 0.05) is 24.6 Å². The molecule has 0 aliphatic rings. The first-order valence-corrected chi connectivity index (χ1v) is 16.1. The Morgan fingerprint density at radius 2 is 1.60 bits per heavy atom. The van der Waals surface area contributed by atoms with Gasteiger partial charge in [-0.3, -0.25) is 18.7 Å². The number of sulfonamides is 1. The number of benzene rings is 3. The second-order valence-electron chi connectivity index (χ2n) is 10.2. The molecule has 0 spiro atoms. The monoisotopic (exact) mass is 631 g/mol. The van der Waals surface area contributed by atoms with Gasteiger partial charge in [-0.1, -0.05) is 78.7 Å². The van der Waals surface area contributed by atoms with Crippen LogP contribution in [0.5, 0.6) is 0 Å². The number of carbonyl (C=O) groups excluding carboxylic acids is 3. The highest BCUT2D eigenvalue weighted by molar-refractivity contribution is 7.92. The molecular weight excluding hydrogens is 597 g/mol. The van der Waals surface area contributed by atoms with E-state index in [-0.39, 0.29) is 41.4 Å². The third-order valence-corrected chi connectivity index (χ3v) is 8.71. The topological polar surface area (TPSA) is 104 Å². The van der Waals surface area contributed by atoms with Crippen molar-refractivity contribution in [2.75, 3.05) is 17.1 Å². The summed E-state index contributed by atoms with van der Waals surface area (Å²) in [6.07, 6.45) is 1.86. The number of ketones is 1. The van der Waals surface area contributed by atoms with E-state index in [1.807, 2.05) is 44.2 Å². The Hall–Kier alpha value is -3.40. The maximum absolute atomic E-state index is 14.2. The summed E-state index contributed by atoms with van der Waals surface area (Å²) in [4.78, 5) is 41.2. The van der Waals surface area contributed by atoms with Crippen molar-refractivity contribution in [1.82, 2.24) is 10.2 Å². The molecule has 0 saturated carbocycles. The fourth-order valence-electron chi connectivity index (χ4n) is 4.32. The molecule has 0 fully saturated rings. The molecule has 11 heteroatoms. The predicted octanol–water partition coefficient (Wildman–Crippen LogP) is 5.52. The van der Waals surface area contributed by atoms with E-state index >= 15 is 0 Å². The molecule has 1 N–H and O–H groups in total. The normalized spacial score (nSPS) is 12.7. The number of rotatable bonds is 13. The molecule has 0 radical (unpaired) electrons.